The molecule has 11 rings (SSSR count). The van der Waals surface area contributed by atoms with E-state index in [-0.39, 0.29) is 0 Å². The number of furan rings is 1. The second-order valence-electron chi connectivity index (χ2n) is 13.6. The molecule has 0 bridgehead atoms. The number of benzene rings is 8. The lowest BCUT2D eigenvalue weighted by Crippen LogP contribution is -2.09. The first-order valence-electron chi connectivity index (χ1n) is 18.0. The van der Waals surface area contributed by atoms with Crippen molar-refractivity contribution in [1.82, 2.24) is 4.98 Å². The van der Waals surface area contributed by atoms with Gasteiger partial charge in [0.1, 0.15) is 16.7 Å². The predicted octanol–water partition coefficient (Wildman–Crippen LogP) is 14.6. The standard InChI is InChI=1S/C49H30N2O2S/c1-3-10-31(11-4-1)32-18-22-35(23-19-32)51(36-24-20-33(21-25-36)38-15-9-16-41-39-14-7-8-17-44(39)52-48(38)41)37-26-27-40-42-29-45-43(30-47(42)54-46(40)28-37)50-49(53-45)34-12-5-2-6-13-34/h1-30H. The molecule has 0 N–H and O–H groups in total. The number of oxazole rings is 1. The summed E-state index contributed by atoms with van der Waals surface area (Å²) in [4.78, 5) is 7.18. The second-order valence-corrected chi connectivity index (χ2v) is 14.6. The van der Waals surface area contributed by atoms with Gasteiger partial charge >= 0.3 is 0 Å². The maximum absolute atomic E-state index is 6.39. The van der Waals surface area contributed by atoms with Gasteiger partial charge in [0.2, 0.25) is 5.89 Å². The van der Waals surface area contributed by atoms with E-state index in [1.165, 1.54) is 31.3 Å². The van der Waals surface area contributed by atoms with E-state index < -0.39 is 0 Å². The quantitative estimate of drug-likeness (QED) is 0.172. The van der Waals surface area contributed by atoms with E-state index in [9.17, 15) is 0 Å². The number of fused-ring (bicyclic) bond motifs is 7. The van der Waals surface area contributed by atoms with Crippen molar-refractivity contribution in [2.45, 2.75) is 0 Å². The number of thiophene rings is 1. The van der Waals surface area contributed by atoms with Crippen LogP contribution >= 0.6 is 11.3 Å². The summed E-state index contributed by atoms with van der Waals surface area (Å²) in [6, 6.07) is 64.0. The lowest BCUT2D eigenvalue weighted by molar-refractivity contribution is 0.620. The average molecular weight is 711 g/mol. The Hall–Kier alpha value is -6.95. The van der Waals surface area contributed by atoms with Gasteiger partial charge in [-0.1, -0.05) is 115 Å². The lowest BCUT2D eigenvalue weighted by atomic mass is 10.0. The van der Waals surface area contributed by atoms with Gasteiger partial charge < -0.3 is 13.7 Å². The molecule has 0 saturated carbocycles. The highest BCUT2D eigenvalue weighted by Gasteiger charge is 2.18. The number of hydrogen-bond acceptors (Lipinski definition) is 5. The van der Waals surface area contributed by atoms with Crippen LogP contribution in [-0.4, -0.2) is 4.98 Å². The van der Waals surface area contributed by atoms with E-state index in [0.29, 0.717) is 5.89 Å². The summed E-state index contributed by atoms with van der Waals surface area (Å²) in [6.45, 7) is 0. The first kappa shape index (κ1) is 30.7. The first-order valence-corrected chi connectivity index (χ1v) is 18.8. The predicted molar refractivity (Wildman–Crippen MR) is 225 cm³/mol. The topological polar surface area (TPSA) is 42.4 Å². The summed E-state index contributed by atoms with van der Waals surface area (Å²) in [5, 5.41) is 4.64. The van der Waals surface area contributed by atoms with Gasteiger partial charge in [-0.2, -0.15) is 0 Å². The Morgan fingerprint density at radius 3 is 1.81 bits per heavy atom. The van der Waals surface area contributed by atoms with Crippen molar-refractivity contribution in [1.29, 1.82) is 0 Å². The zero-order chi connectivity index (χ0) is 35.6. The van der Waals surface area contributed by atoms with E-state index in [2.05, 4.69) is 144 Å². The van der Waals surface area contributed by atoms with Crippen molar-refractivity contribution in [2.75, 3.05) is 4.90 Å². The maximum Gasteiger partial charge on any atom is 0.227 e. The van der Waals surface area contributed by atoms with Crippen LogP contribution in [0.2, 0.25) is 0 Å². The Balaban J connectivity index is 1.01. The molecule has 0 saturated heterocycles. The minimum absolute atomic E-state index is 0.643. The van der Waals surface area contributed by atoms with E-state index in [4.69, 9.17) is 13.8 Å². The lowest BCUT2D eigenvalue weighted by Gasteiger charge is -2.26. The fraction of sp³-hybridized carbons (Fsp3) is 0. The third-order valence-corrected chi connectivity index (χ3v) is 11.4. The fourth-order valence-electron chi connectivity index (χ4n) is 7.67. The maximum atomic E-state index is 6.39. The highest BCUT2D eigenvalue weighted by atomic mass is 32.1. The van der Waals surface area contributed by atoms with Crippen molar-refractivity contribution in [2.24, 2.45) is 0 Å². The molecule has 254 valence electrons. The first-order chi connectivity index (χ1) is 26.7. The normalized spacial score (nSPS) is 11.7. The van der Waals surface area contributed by atoms with Crippen LogP contribution in [0.1, 0.15) is 0 Å². The van der Waals surface area contributed by atoms with Gasteiger partial charge in [0.05, 0.1) is 0 Å². The number of nitrogens with zero attached hydrogens (tertiary/aromatic N) is 2. The molecule has 3 heterocycles. The molecular formula is C49H30N2O2S. The van der Waals surface area contributed by atoms with E-state index >= 15 is 0 Å². The Bertz CT molecular complexity index is 3140. The molecule has 0 aliphatic heterocycles. The molecule has 0 amide bonds. The molecule has 0 spiro atoms. The van der Waals surface area contributed by atoms with Crippen LogP contribution in [0, 0.1) is 0 Å². The highest BCUT2D eigenvalue weighted by molar-refractivity contribution is 7.25. The van der Waals surface area contributed by atoms with Crippen LogP contribution in [0.25, 0.3) is 86.9 Å². The van der Waals surface area contributed by atoms with Gasteiger partial charge in [0, 0.05) is 59.1 Å². The van der Waals surface area contributed by atoms with Crippen molar-refractivity contribution < 1.29 is 8.83 Å². The van der Waals surface area contributed by atoms with Crippen LogP contribution in [0.5, 0.6) is 0 Å². The third kappa shape index (κ3) is 5.09. The minimum Gasteiger partial charge on any atom is -0.455 e. The summed E-state index contributed by atoms with van der Waals surface area (Å²) in [6.07, 6.45) is 0. The molecule has 8 aromatic carbocycles. The summed E-state index contributed by atoms with van der Waals surface area (Å²) in [5.74, 6) is 0.643. The van der Waals surface area contributed by atoms with Crippen LogP contribution in [0.4, 0.5) is 17.1 Å². The molecule has 54 heavy (non-hydrogen) atoms. The SMILES string of the molecule is c1ccc(-c2ccc(N(c3ccc(-c4cccc5c4oc4ccccc45)cc3)c3ccc4c(c3)sc3cc5nc(-c6ccccc6)oc5cc34)cc2)cc1. The van der Waals surface area contributed by atoms with Gasteiger partial charge in [-0.25, -0.2) is 4.98 Å². The number of aromatic nitrogens is 1. The Morgan fingerprint density at radius 2 is 1.04 bits per heavy atom. The van der Waals surface area contributed by atoms with Crippen LogP contribution in [-0.2, 0) is 0 Å². The Morgan fingerprint density at radius 1 is 0.407 bits per heavy atom. The Labute approximate surface area is 314 Å². The molecule has 5 heteroatoms. The molecule has 0 atom stereocenters. The Kier molecular flexibility index (Phi) is 7.00. The molecule has 4 nitrogen and oxygen atoms in total. The molecule has 11 aromatic rings. The van der Waals surface area contributed by atoms with Gasteiger partial charge in [-0.15, -0.1) is 11.3 Å². The van der Waals surface area contributed by atoms with Gasteiger partial charge in [-0.3, -0.25) is 0 Å². The molecule has 3 aromatic heterocycles. The number of anilines is 3. The van der Waals surface area contributed by atoms with Gasteiger partial charge in [-0.05, 0) is 83.4 Å². The van der Waals surface area contributed by atoms with Crippen molar-refractivity contribution in [3.05, 3.63) is 182 Å². The fourth-order valence-corrected chi connectivity index (χ4v) is 8.83. The van der Waals surface area contributed by atoms with Crippen molar-refractivity contribution in [3.8, 4) is 33.7 Å². The largest absolute Gasteiger partial charge is 0.455 e. The minimum atomic E-state index is 0.643. The number of hydrogen-bond donors (Lipinski definition) is 0. The summed E-state index contributed by atoms with van der Waals surface area (Å²) < 4.78 is 15.0. The van der Waals surface area contributed by atoms with E-state index in [0.717, 1.165) is 66.8 Å². The molecule has 0 unspecified atom stereocenters. The molecule has 0 fully saturated rings. The number of rotatable bonds is 6. The van der Waals surface area contributed by atoms with Crippen LogP contribution in [0.3, 0.4) is 0 Å². The summed E-state index contributed by atoms with van der Waals surface area (Å²) in [7, 11) is 0. The molecule has 0 aliphatic rings. The highest BCUT2D eigenvalue weighted by Crippen LogP contribution is 2.43. The van der Waals surface area contributed by atoms with Gasteiger partial charge in [0.15, 0.2) is 5.58 Å². The molecular weight excluding hydrogens is 681 g/mol. The van der Waals surface area contributed by atoms with Gasteiger partial charge in [0.25, 0.3) is 0 Å². The smallest absolute Gasteiger partial charge is 0.227 e. The molecule has 0 radical (unpaired) electrons. The monoisotopic (exact) mass is 710 g/mol. The van der Waals surface area contributed by atoms with Crippen LogP contribution < -0.4 is 4.90 Å². The molecule has 0 aliphatic carbocycles. The van der Waals surface area contributed by atoms with E-state index in [1.54, 1.807) is 11.3 Å². The van der Waals surface area contributed by atoms with Crippen molar-refractivity contribution in [3.63, 3.8) is 0 Å². The van der Waals surface area contributed by atoms with E-state index in [1.807, 2.05) is 42.5 Å². The van der Waals surface area contributed by atoms with Crippen LogP contribution in [0.15, 0.2) is 191 Å². The summed E-state index contributed by atoms with van der Waals surface area (Å²) in [5.41, 5.74) is 12.3. The van der Waals surface area contributed by atoms with Crippen molar-refractivity contribution >= 4 is 81.6 Å². The average Bonchev–Trinajstić information content (AvgIpc) is 3.94. The zero-order valence-corrected chi connectivity index (χ0v) is 29.8. The third-order valence-electron chi connectivity index (χ3n) is 10.3. The zero-order valence-electron chi connectivity index (χ0n) is 28.9. The summed E-state index contributed by atoms with van der Waals surface area (Å²) >= 11 is 1.79. The second kappa shape index (κ2) is 12.3. The number of para-hydroxylation sites is 2.